The van der Waals surface area contributed by atoms with Crippen LogP contribution in [0.1, 0.15) is 0 Å². The summed E-state index contributed by atoms with van der Waals surface area (Å²) in [6.45, 7) is 0.0861. The van der Waals surface area contributed by atoms with Crippen molar-refractivity contribution >= 4 is 13.7 Å². The van der Waals surface area contributed by atoms with E-state index in [1.165, 1.54) is 0 Å². The van der Waals surface area contributed by atoms with Gasteiger partial charge in [-0.2, -0.15) is 0 Å². The van der Waals surface area contributed by atoms with E-state index in [0.717, 1.165) is 5.19 Å². The molecule has 4 heteroatoms. The van der Waals surface area contributed by atoms with Crippen molar-refractivity contribution in [2.24, 2.45) is 0 Å². The monoisotopic (exact) mass is 212 g/mol. The Kier molecular flexibility index (Phi) is 4.28. The fourth-order valence-corrected chi connectivity index (χ4v) is 3.84. The Bertz CT molecular complexity index is 259. The molecule has 78 valence electrons. The minimum Gasteiger partial charge on any atom is -0.396 e. The van der Waals surface area contributed by atoms with Gasteiger partial charge in [0.05, 0.1) is 0 Å². The topological polar surface area (TPSA) is 38.7 Å². The third kappa shape index (κ3) is 2.22. The lowest BCUT2D eigenvalue weighted by Gasteiger charge is -2.26. The summed E-state index contributed by atoms with van der Waals surface area (Å²) in [6.07, 6.45) is 0. The van der Waals surface area contributed by atoms with Gasteiger partial charge in [0, 0.05) is 26.9 Å². The molecule has 0 saturated heterocycles. The van der Waals surface area contributed by atoms with Crippen molar-refractivity contribution in [3.63, 3.8) is 0 Å². The van der Waals surface area contributed by atoms with Crippen LogP contribution in [0.5, 0.6) is 0 Å². The summed E-state index contributed by atoms with van der Waals surface area (Å²) in [4.78, 5) is 0. The Hall–Kier alpha value is -0.683. The van der Waals surface area contributed by atoms with Crippen molar-refractivity contribution in [3.8, 4) is 0 Å². The average molecular weight is 212 g/mol. The lowest BCUT2D eigenvalue weighted by molar-refractivity contribution is 0.236. The normalized spacial score (nSPS) is 11.6. The summed E-state index contributed by atoms with van der Waals surface area (Å²) in [7, 11) is 0.905. The van der Waals surface area contributed by atoms with Gasteiger partial charge < -0.3 is 14.0 Å². The Morgan fingerprint density at radius 1 is 1.14 bits per heavy atom. The average Bonchev–Trinajstić information content (AvgIpc) is 2.27. The van der Waals surface area contributed by atoms with Gasteiger partial charge in [-0.1, -0.05) is 30.3 Å². The molecule has 0 aliphatic rings. The molecule has 0 aromatic heterocycles. The van der Waals surface area contributed by atoms with Gasteiger partial charge in [-0.15, -0.1) is 0 Å². The highest BCUT2D eigenvalue weighted by molar-refractivity contribution is 6.81. The van der Waals surface area contributed by atoms with Crippen LogP contribution in [-0.4, -0.2) is 34.5 Å². The number of benzene rings is 1. The van der Waals surface area contributed by atoms with Crippen LogP contribution >= 0.6 is 0 Å². The molecule has 1 rings (SSSR count). The Balaban J connectivity index is 2.98. The van der Waals surface area contributed by atoms with Gasteiger partial charge >= 0.3 is 8.56 Å². The van der Waals surface area contributed by atoms with Crippen LogP contribution in [0, 0.1) is 0 Å². The maximum absolute atomic E-state index is 9.00. The van der Waals surface area contributed by atoms with E-state index in [0.29, 0.717) is 6.04 Å². The van der Waals surface area contributed by atoms with E-state index < -0.39 is 8.56 Å². The van der Waals surface area contributed by atoms with Gasteiger partial charge in [-0.25, -0.2) is 0 Å². The van der Waals surface area contributed by atoms with Gasteiger partial charge in [0.25, 0.3) is 0 Å². The molecule has 0 spiro atoms. The number of hydrogen-bond donors (Lipinski definition) is 1. The zero-order valence-electron chi connectivity index (χ0n) is 8.56. The Labute approximate surface area is 85.5 Å². The van der Waals surface area contributed by atoms with Crippen molar-refractivity contribution in [2.45, 2.75) is 6.04 Å². The fourth-order valence-electron chi connectivity index (χ4n) is 1.51. The van der Waals surface area contributed by atoms with Crippen LogP contribution in [-0.2, 0) is 8.85 Å². The molecule has 14 heavy (non-hydrogen) atoms. The molecular formula is C10H16O3Si. The molecule has 0 fully saturated rings. The van der Waals surface area contributed by atoms with Gasteiger partial charge in [0.15, 0.2) is 0 Å². The minimum absolute atomic E-state index is 0.0861. The number of aliphatic hydroxyl groups is 1. The lowest BCUT2D eigenvalue weighted by Crippen LogP contribution is -2.52. The summed E-state index contributed by atoms with van der Waals surface area (Å²) in [6, 6.07) is 10.4. The number of aliphatic hydroxyl groups excluding tert-OH is 1. The molecule has 0 saturated carbocycles. The molecule has 1 aromatic rings. The first-order valence-corrected chi connectivity index (χ1v) is 6.58. The minimum atomic E-state index is -2.37. The largest absolute Gasteiger partial charge is 0.396 e. The first kappa shape index (κ1) is 11.4. The quantitative estimate of drug-likeness (QED) is 0.727. The second-order valence-electron chi connectivity index (χ2n) is 3.00. The van der Waals surface area contributed by atoms with E-state index in [2.05, 4.69) is 0 Å². The first-order valence-electron chi connectivity index (χ1n) is 4.56. The van der Waals surface area contributed by atoms with Gasteiger partial charge in [0.1, 0.15) is 0 Å². The standard InChI is InChI=1S/C10H16O3Si/c1-12-14(13-2,9-8-11)10-6-4-3-5-7-10/h3-7,11H,8-9H2,1-2H3. The van der Waals surface area contributed by atoms with Crippen molar-refractivity contribution in [3.05, 3.63) is 30.3 Å². The van der Waals surface area contributed by atoms with E-state index in [9.17, 15) is 0 Å². The van der Waals surface area contributed by atoms with E-state index in [-0.39, 0.29) is 6.61 Å². The van der Waals surface area contributed by atoms with Crippen LogP contribution < -0.4 is 5.19 Å². The fraction of sp³-hybridized carbons (Fsp3) is 0.400. The molecule has 0 unspecified atom stereocenters. The summed E-state index contributed by atoms with van der Waals surface area (Å²) in [5.74, 6) is 0. The summed E-state index contributed by atoms with van der Waals surface area (Å²) >= 11 is 0. The molecule has 3 nitrogen and oxygen atoms in total. The maximum Gasteiger partial charge on any atom is 0.374 e. The summed E-state index contributed by atoms with van der Waals surface area (Å²) < 4.78 is 10.9. The van der Waals surface area contributed by atoms with Gasteiger partial charge in [-0.05, 0) is 5.19 Å². The number of hydrogen-bond acceptors (Lipinski definition) is 3. The molecular weight excluding hydrogens is 196 g/mol. The van der Waals surface area contributed by atoms with Crippen LogP contribution in [0.3, 0.4) is 0 Å². The molecule has 0 bridgehead atoms. The highest BCUT2D eigenvalue weighted by Crippen LogP contribution is 2.11. The van der Waals surface area contributed by atoms with Crippen LogP contribution in [0.25, 0.3) is 0 Å². The predicted octanol–water partition coefficient (Wildman–Crippen LogP) is 0.621. The van der Waals surface area contributed by atoms with Crippen molar-refractivity contribution in [1.29, 1.82) is 0 Å². The van der Waals surface area contributed by atoms with E-state index in [4.69, 9.17) is 14.0 Å². The smallest absolute Gasteiger partial charge is 0.374 e. The molecule has 0 atom stereocenters. The van der Waals surface area contributed by atoms with Gasteiger partial charge in [-0.3, -0.25) is 0 Å². The molecule has 0 aliphatic heterocycles. The Morgan fingerprint density at radius 3 is 2.14 bits per heavy atom. The third-order valence-corrected chi connectivity index (χ3v) is 5.73. The predicted molar refractivity (Wildman–Crippen MR) is 57.7 cm³/mol. The Morgan fingerprint density at radius 2 is 1.71 bits per heavy atom. The zero-order chi connectivity index (χ0) is 10.4. The maximum atomic E-state index is 9.00. The second-order valence-corrected chi connectivity index (χ2v) is 6.40. The van der Waals surface area contributed by atoms with Gasteiger partial charge in [0.2, 0.25) is 0 Å². The van der Waals surface area contributed by atoms with E-state index >= 15 is 0 Å². The number of rotatable bonds is 5. The molecule has 1 N–H and O–H groups in total. The zero-order valence-corrected chi connectivity index (χ0v) is 9.56. The second kappa shape index (κ2) is 5.26. The molecule has 0 radical (unpaired) electrons. The van der Waals surface area contributed by atoms with Crippen molar-refractivity contribution in [1.82, 2.24) is 0 Å². The summed E-state index contributed by atoms with van der Waals surface area (Å²) in [5.41, 5.74) is 0. The molecule has 0 aliphatic carbocycles. The highest BCUT2D eigenvalue weighted by atomic mass is 28.4. The SMILES string of the molecule is CO[Si](CCO)(OC)c1ccccc1. The lowest BCUT2D eigenvalue weighted by atomic mass is 10.4. The highest BCUT2D eigenvalue weighted by Gasteiger charge is 2.37. The van der Waals surface area contributed by atoms with E-state index in [1.807, 2.05) is 30.3 Å². The van der Waals surface area contributed by atoms with Crippen LogP contribution in [0.4, 0.5) is 0 Å². The molecule has 0 heterocycles. The van der Waals surface area contributed by atoms with Crippen LogP contribution in [0.2, 0.25) is 6.04 Å². The molecule has 0 amide bonds. The first-order chi connectivity index (χ1) is 6.79. The van der Waals surface area contributed by atoms with E-state index in [1.54, 1.807) is 14.2 Å². The van der Waals surface area contributed by atoms with Crippen LogP contribution in [0.15, 0.2) is 30.3 Å². The van der Waals surface area contributed by atoms with Crippen molar-refractivity contribution in [2.75, 3.05) is 20.8 Å². The molecule has 1 aromatic carbocycles. The summed E-state index contributed by atoms with van der Waals surface area (Å²) in [5, 5.41) is 10.1. The van der Waals surface area contributed by atoms with Crippen molar-refractivity contribution < 1.29 is 14.0 Å². The third-order valence-electron chi connectivity index (χ3n) is 2.31.